The number of nitrogens with one attached hydrogen (secondary N) is 2. The number of fused-ring (bicyclic) bond motifs is 1. The number of ether oxygens (including phenoxy) is 1. The van der Waals surface area contributed by atoms with E-state index in [0.717, 1.165) is 12.1 Å². The SMILES string of the molecule is CO[C@H]1c2ccccc2C[C@H]1NC(=S)Nc1ccc(C(N)=O)cc1. The number of hydrogen-bond acceptors (Lipinski definition) is 3. The van der Waals surface area contributed by atoms with E-state index in [1.165, 1.54) is 11.1 Å². The van der Waals surface area contributed by atoms with Crippen LogP contribution in [0.2, 0.25) is 0 Å². The van der Waals surface area contributed by atoms with Gasteiger partial charge in [0.15, 0.2) is 5.11 Å². The van der Waals surface area contributed by atoms with Crippen molar-refractivity contribution < 1.29 is 9.53 Å². The number of primary amides is 1. The highest BCUT2D eigenvalue weighted by Crippen LogP contribution is 2.33. The van der Waals surface area contributed by atoms with Gasteiger partial charge in [-0.25, -0.2) is 0 Å². The van der Waals surface area contributed by atoms with Crippen molar-refractivity contribution in [3.8, 4) is 0 Å². The van der Waals surface area contributed by atoms with E-state index in [1.807, 2.05) is 12.1 Å². The van der Waals surface area contributed by atoms with E-state index < -0.39 is 5.91 Å². The number of carbonyl (C=O) groups excluding carboxylic acids is 1. The first-order valence-corrected chi connectivity index (χ1v) is 8.07. The lowest BCUT2D eigenvalue weighted by molar-refractivity contribution is 0.0846. The van der Waals surface area contributed by atoms with Gasteiger partial charge in [-0.05, 0) is 54.0 Å². The molecule has 2 aromatic rings. The van der Waals surface area contributed by atoms with Crippen LogP contribution in [0.1, 0.15) is 27.6 Å². The summed E-state index contributed by atoms with van der Waals surface area (Å²) >= 11 is 5.40. The average molecular weight is 341 g/mol. The van der Waals surface area contributed by atoms with E-state index in [-0.39, 0.29) is 12.1 Å². The van der Waals surface area contributed by atoms with E-state index in [2.05, 4.69) is 22.8 Å². The summed E-state index contributed by atoms with van der Waals surface area (Å²) in [5.74, 6) is -0.450. The second-order valence-electron chi connectivity index (χ2n) is 5.71. The van der Waals surface area contributed by atoms with Crippen LogP contribution in [0, 0.1) is 0 Å². The molecule has 0 aliphatic heterocycles. The number of rotatable bonds is 4. The highest BCUT2D eigenvalue weighted by Gasteiger charge is 2.32. The molecule has 1 aliphatic rings. The summed E-state index contributed by atoms with van der Waals surface area (Å²) < 4.78 is 5.64. The van der Waals surface area contributed by atoms with Crippen LogP contribution in [-0.2, 0) is 11.2 Å². The van der Waals surface area contributed by atoms with Gasteiger partial charge >= 0.3 is 0 Å². The summed E-state index contributed by atoms with van der Waals surface area (Å²) in [5.41, 5.74) is 8.97. The van der Waals surface area contributed by atoms with Crippen molar-refractivity contribution in [2.24, 2.45) is 5.73 Å². The topological polar surface area (TPSA) is 76.4 Å². The first-order chi connectivity index (χ1) is 11.6. The molecule has 0 fully saturated rings. The lowest BCUT2D eigenvalue weighted by atomic mass is 10.1. The Morgan fingerprint density at radius 3 is 2.58 bits per heavy atom. The zero-order valence-electron chi connectivity index (χ0n) is 13.3. The molecule has 0 unspecified atom stereocenters. The standard InChI is InChI=1S/C18H19N3O2S/c1-23-16-14-5-3-2-4-12(14)10-15(16)21-18(24)20-13-8-6-11(7-9-13)17(19)22/h2-9,15-16H,10H2,1H3,(H2,19,22)(H2,20,21,24)/t15-,16+/m1/s1. The Balaban J connectivity index is 1.64. The van der Waals surface area contributed by atoms with Gasteiger partial charge in [0, 0.05) is 18.4 Å². The summed E-state index contributed by atoms with van der Waals surface area (Å²) in [5, 5.41) is 6.95. The molecule has 4 N–H and O–H groups in total. The molecular formula is C18H19N3O2S. The van der Waals surface area contributed by atoms with Crippen molar-refractivity contribution in [3.63, 3.8) is 0 Å². The molecule has 0 bridgehead atoms. The largest absolute Gasteiger partial charge is 0.375 e. The number of methoxy groups -OCH3 is 1. The first kappa shape index (κ1) is 16.4. The van der Waals surface area contributed by atoms with Gasteiger partial charge in [-0.1, -0.05) is 24.3 Å². The lowest BCUT2D eigenvalue weighted by Gasteiger charge is -2.22. The van der Waals surface area contributed by atoms with Crippen LogP contribution in [0.15, 0.2) is 48.5 Å². The number of thiocarbonyl (C=S) groups is 1. The van der Waals surface area contributed by atoms with Crippen LogP contribution in [0.5, 0.6) is 0 Å². The van der Waals surface area contributed by atoms with Crippen LogP contribution in [0.4, 0.5) is 5.69 Å². The minimum Gasteiger partial charge on any atom is -0.375 e. The van der Waals surface area contributed by atoms with E-state index in [1.54, 1.807) is 31.4 Å². The Labute approximate surface area is 146 Å². The zero-order valence-corrected chi connectivity index (χ0v) is 14.1. The fourth-order valence-corrected chi connectivity index (χ4v) is 3.30. The van der Waals surface area contributed by atoms with Crippen LogP contribution < -0.4 is 16.4 Å². The molecule has 5 nitrogen and oxygen atoms in total. The highest BCUT2D eigenvalue weighted by molar-refractivity contribution is 7.80. The summed E-state index contributed by atoms with van der Waals surface area (Å²) in [4.78, 5) is 11.1. The molecule has 124 valence electrons. The Hall–Kier alpha value is -2.44. The van der Waals surface area contributed by atoms with Crippen LogP contribution in [0.25, 0.3) is 0 Å². The van der Waals surface area contributed by atoms with Gasteiger partial charge in [-0.2, -0.15) is 0 Å². The number of amides is 1. The Morgan fingerprint density at radius 2 is 1.92 bits per heavy atom. The van der Waals surface area contributed by atoms with Crippen molar-refractivity contribution >= 4 is 28.9 Å². The average Bonchev–Trinajstić information content (AvgIpc) is 2.92. The summed E-state index contributed by atoms with van der Waals surface area (Å²) in [7, 11) is 1.71. The number of carbonyl (C=O) groups is 1. The van der Waals surface area contributed by atoms with E-state index in [0.29, 0.717) is 10.7 Å². The Morgan fingerprint density at radius 1 is 1.21 bits per heavy atom. The molecule has 6 heteroatoms. The highest BCUT2D eigenvalue weighted by atomic mass is 32.1. The predicted molar refractivity (Wildman–Crippen MR) is 98.0 cm³/mol. The summed E-state index contributed by atoms with van der Waals surface area (Å²) in [6.07, 6.45) is 0.829. The predicted octanol–water partition coefficient (Wildman–Crippen LogP) is 2.38. The van der Waals surface area contributed by atoms with Gasteiger partial charge in [-0.3, -0.25) is 4.79 Å². The van der Waals surface area contributed by atoms with Crippen molar-refractivity contribution in [2.75, 3.05) is 12.4 Å². The van der Waals surface area contributed by atoms with Crippen molar-refractivity contribution in [1.29, 1.82) is 0 Å². The number of nitrogens with two attached hydrogens (primary N) is 1. The van der Waals surface area contributed by atoms with E-state index in [9.17, 15) is 4.79 Å². The molecule has 1 aliphatic carbocycles. The lowest BCUT2D eigenvalue weighted by Crippen LogP contribution is -2.40. The van der Waals surface area contributed by atoms with Gasteiger partial charge in [0.2, 0.25) is 5.91 Å². The normalized spacial score (nSPS) is 18.7. The third kappa shape index (κ3) is 3.39. The van der Waals surface area contributed by atoms with Crippen LogP contribution >= 0.6 is 12.2 Å². The van der Waals surface area contributed by atoms with E-state index in [4.69, 9.17) is 22.7 Å². The monoisotopic (exact) mass is 341 g/mol. The van der Waals surface area contributed by atoms with Gasteiger partial charge in [0.1, 0.15) is 6.10 Å². The molecular weight excluding hydrogens is 322 g/mol. The molecule has 0 spiro atoms. The minimum absolute atomic E-state index is 0.0295. The summed E-state index contributed by atoms with van der Waals surface area (Å²) in [6, 6.07) is 15.2. The summed E-state index contributed by atoms with van der Waals surface area (Å²) in [6.45, 7) is 0. The van der Waals surface area contributed by atoms with Crippen molar-refractivity contribution in [2.45, 2.75) is 18.6 Å². The molecule has 0 heterocycles. The fraction of sp³-hybridized carbons (Fsp3) is 0.222. The molecule has 2 atom stereocenters. The number of hydrogen-bond donors (Lipinski definition) is 3. The zero-order chi connectivity index (χ0) is 17.1. The molecule has 0 saturated heterocycles. The Bertz CT molecular complexity index is 761. The molecule has 0 aromatic heterocycles. The molecule has 0 saturated carbocycles. The molecule has 0 radical (unpaired) electrons. The minimum atomic E-state index is -0.450. The van der Waals surface area contributed by atoms with E-state index >= 15 is 0 Å². The number of anilines is 1. The number of benzene rings is 2. The third-order valence-corrected chi connectivity index (χ3v) is 4.38. The fourth-order valence-electron chi connectivity index (χ4n) is 3.03. The quantitative estimate of drug-likeness (QED) is 0.745. The second kappa shape index (κ2) is 6.98. The van der Waals surface area contributed by atoms with Crippen LogP contribution in [0.3, 0.4) is 0 Å². The molecule has 24 heavy (non-hydrogen) atoms. The van der Waals surface area contributed by atoms with Crippen LogP contribution in [-0.4, -0.2) is 24.2 Å². The third-order valence-electron chi connectivity index (χ3n) is 4.16. The van der Waals surface area contributed by atoms with Gasteiger partial charge in [0.05, 0.1) is 6.04 Å². The maximum Gasteiger partial charge on any atom is 0.248 e. The second-order valence-corrected chi connectivity index (χ2v) is 6.11. The smallest absolute Gasteiger partial charge is 0.248 e. The van der Waals surface area contributed by atoms with Gasteiger partial charge in [-0.15, -0.1) is 0 Å². The van der Waals surface area contributed by atoms with Crippen molar-refractivity contribution in [3.05, 3.63) is 65.2 Å². The molecule has 3 rings (SSSR count). The van der Waals surface area contributed by atoms with Crippen molar-refractivity contribution in [1.82, 2.24) is 5.32 Å². The maximum absolute atomic E-state index is 11.1. The molecule has 2 aromatic carbocycles. The Kier molecular flexibility index (Phi) is 4.78. The molecule has 1 amide bonds. The van der Waals surface area contributed by atoms with Gasteiger partial charge < -0.3 is 21.1 Å². The van der Waals surface area contributed by atoms with Gasteiger partial charge in [0.25, 0.3) is 0 Å². The first-order valence-electron chi connectivity index (χ1n) is 7.66. The maximum atomic E-state index is 11.1.